The molecule has 0 amide bonds. The molecule has 2 aromatic rings. The van der Waals surface area contributed by atoms with E-state index < -0.39 is 41.1 Å². The number of rotatable bonds is 2. The van der Waals surface area contributed by atoms with Gasteiger partial charge in [0.2, 0.25) is 11.8 Å². The number of aromatic nitrogens is 2. The predicted octanol–water partition coefficient (Wildman–Crippen LogP) is 3.15. The van der Waals surface area contributed by atoms with Gasteiger partial charge in [-0.3, -0.25) is 0 Å². The second kappa shape index (κ2) is 4.91. The molecule has 0 aliphatic rings. The average molecular weight is 291 g/mol. The van der Waals surface area contributed by atoms with Crippen LogP contribution in [0.15, 0.2) is 24.3 Å². The van der Waals surface area contributed by atoms with Gasteiger partial charge < -0.3 is 10.5 Å². The molecule has 9 heteroatoms. The van der Waals surface area contributed by atoms with Crippen LogP contribution >= 0.6 is 0 Å². The highest BCUT2D eigenvalue weighted by Gasteiger charge is 2.34. The molecule has 106 valence electrons. The molecule has 20 heavy (non-hydrogen) atoms. The molecule has 1 heterocycles. The summed E-state index contributed by atoms with van der Waals surface area (Å²) in [4.78, 5) is 6.38. The number of benzene rings is 1. The molecule has 0 bridgehead atoms. The lowest BCUT2D eigenvalue weighted by molar-refractivity contribution is -0.141. The quantitative estimate of drug-likeness (QED) is 0.863. The third kappa shape index (κ3) is 3.11. The maximum Gasteiger partial charge on any atom is 0.433 e. The lowest BCUT2D eigenvalue weighted by atomic mass is 10.3. The first-order chi connectivity index (χ1) is 9.25. The molecule has 0 radical (unpaired) electrons. The SMILES string of the molecule is Nc1nc(Oc2ccc(F)cc2F)cc(C(F)(F)F)n1. The van der Waals surface area contributed by atoms with Gasteiger partial charge in [0.1, 0.15) is 5.82 Å². The standard InChI is InChI=1S/C11H6F5N3O/c12-5-1-2-7(6(13)3-5)20-9-4-8(11(14,15)16)18-10(17)19-9/h1-4H,(H2,17,18,19). The van der Waals surface area contributed by atoms with Crippen molar-refractivity contribution in [2.75, 3.05) is 5.73 Å². The van der Waals surface area contributed by atoms with Crippen molar-refractivity contribution >= 4 is 5.95 Å². The van der Waals surface area contributed by atoms with Crippen LogP contribution in [-0.2, 0) is 6.18 Å². The van der Waals surface area contributed by atoms with Crippen molar-refractivity contribution in [2.45, 2.75) is 6.18 Å². The van der Waals surface area contributed by atoms with Gasteiger partial charge in [-0.2, -0.15) is 18.2 Å². The topological polar surface area (TPSA) is 61.0 Å². The lowest BCUT2D eigenvalue weighted by Crippen LogP contribution is -2.11. The Kier molecular flexibility index (Phi) is 3.43. The molecule has 2 rings (SSSR count). The maximum absolute atomic E-state index is 13.3. The van der Waals surface area contributed by atoms with Crippen LogP contribution in [0.3, 0.4) is 0 Å². The highest BCUT2D eigenvalue weighted by molar-refractivity contribution is 5.33. The average Bonchev–Trinajstić information content (AvgIpc) is 2.31. The number of nitrogens with zero attached hydrogens (tertiary/aromatic N) is 2. The molecule has 2 N–H and O–H groups in total. The van der Waals surface area contributed by atoms with E-state index in [0.717, 1.165) is 12.1 Å². The fourth-order valence-corrected chi connectivity index (χ4v) is 1.31. The normalized spacial score (nSPS) is 11.4. The molecule has 1 aromatic heterocycles. The van der Waals surface area contributed by atoms with Crippen molar-refractivity contribution in [3.05, 3.63) is 41.6 Å². The molecular formula is C11H6F5N3O. The third-order valence-electron chi connectivity index (χ3n) is 2.12. The summed E-state index contributed by atoms with van der Waals surface area (Å²) in [5.74, 6) is -3.71. The van der Waals surface area contributed by atoms with Crippen molar-refractivity contribution < 1.29 is 26.7 Å². The van der Waals surface area contributed by atoms with Gasteiger partial charge in [-0.05, 0) is 12.1 Å². The minimum atomic E-state index is -4.75. The van der Waals surface area contributed by atoms with E-state index in [4.69, 9.17) is 10.5 Å². The summed E-state index contributed by atoms with van der Waals surface area (Å²) < 4.78 is 68.3. The summed E-state index contributed by atoms with van der Waals surface area (Å²) in [6.07, 6.45) is -4.75. The summed E-state index contributed by atoms with van der Waals surface area (Å²) in [5.41, 5.74) is 3.78. The first-order valence-corrected chi connectivity index (χ1v) is 5.10. The summed E-state index contributed by atoms with van der Waals surface area (Å²) in [7, 11) is 0. The zero-order valence-corrected chi connectivity index (χ0v) is 9.58. The van der Waals surface area contributed by atoms with Crippen molar-refractivity contribution in [1.82, 2.24) is 9.97 Å². The van der Waals surface area contributed by atoms with Crippen LogP contribution in [0.25, 0.3) is 0 Å². The van der Waals surface area contributed by atoms with Gasteiger partial charge in [-0.1, -0.05) is 0 Å². The highest BCUT2D eigenvalue weighted by atomic mass is 19.4. The fourth-order valence-electron chi connectivity index (χ4n) is 1.31. The number of nitrogens with two attached hydrogens (primary N) is 1. The number of halogens is 5. The Bertz CT molecular complexity index is 644. The first-order valence-electron chi connectivity index (χ1n) is 5.10. The number of hydrogen-bond acceptors (Lipinski definition) is 4. The molecule has 0 unspecified atom stereocenters. The molecule has 0 fully saturated rings. The molecule has 0 spiro atoms. The van der Waals surface area contributed by atoms with Gasteiger partial charge >= 0.3 is 6.18 Å². The van der Waals surface area contributed by atoms with Gasteiger partial charge in [-0.15, -0.1) is 0 Å². The van der Waals surface area contributed by atoms with Crippen LogP contribution in [0.5, 0.6) is 11.6 Å². The highest BCUT2D eigenvalue weighted by Crippen LogP contribution is 2.31. The first kappa shape index (κ1) is 14.0. The zero-order valence-electron chi connectivity index (χ0n) is 9.58. The van der Waals surface area contributed by atoms with E-state index in [1.807, 2.05) is 0 Å². The van der Waals surface area contributed by atoms with Crippen LogP contribution in [0.2, 0.25) is 0 Å². The van der Waals surface area contributed by atoms with E-state index in [-0.39, 0.29) is 0 Å². The number of nitrogen functional groups attached to an aromatic ring is 1. The molecule has 0 aliphatic heterocycles. The zero-order chi connectivity index (χ0) is 14.9. The molecule has 0 saturated carbocycles. The van der Waals surface area contributed by atoms with E-state index in [1.54, 1.807) is 0 Å². The van der Waals surface area contributed by atoms with E-state index in [0.29, 0.717) is 12.1 Å². The van der Waals surface area contributed by atoms with Crippen molar-refractivity contribution in [3.63, 3.8) is 0 Å². The Morgan fingerprint density at radius 1 is 1.05 bits per heavy atom. The summed E-state index contributed by atoms with van der Waals surface area (Å²) in [5, 5.41) is 0. The van der Waals surface area contributed by atoms with E-state index in [2.05, 4.69) is 9.97 Å². The summed E-state index contributed by atoms with van der Waals surface area (Å²) >= 11 is 0. The van der Waals surface area contributed by atoms with Gasteiger partial charge in [0.25, 0.3) is 0 Å². The van der Waals surface area contributed by atoms with Gasteiger partial charge in [-0.25, -0.2) is 13.8 Å². The van der Waals surface area contributed by atoms with Crippen LogP contribution in [0, 0.1) is 11.6 Å². The Labute approximate surface area is 109 Å². The third-order valence-corrected chi connectivity index (χ3v) is 2.12. The Hall–Kier alpha value is -2.45. The van der Waals surface area contributed by atoms with Crippen molar-refractivity contribution in [2.24, 2.45) is 0 Å². The molecule has 0 aliphatic carbocycles. The summed E-state index contributed by atoms with van der Waals surface area (Å²) in [6.45, 7) is 0. The lowest BCUT2D eigenvalue weighted by Gasteiger charge is -2.10. The van der Waals surface area contributed by atoms with Gasteiger partial charge in [0.05, 0.1) is 0 Å². The minimum Gasteiger partial charge on any atom is -0.436 e. The van der Waals surface area contributed by atoms with E-state index >= 15 is 0 Å². The number of anilines is 1. The van der Waals surface area contributed by atoms with Gasteiger partial charge in [0.15, 0.2) is 17.3 Å². The van der Waals surface area contributed by atoms with Crippen LogP contribution < -0.4 is 10.5 Å². The van der Waals surface area contributed by atoms with E-state index in [1.165, 1.54) is 0 Å². The maximum atomic E-state index is 13.3. The second-order valence-corrected chi connectivity index (χ2v) is 3.62. The Morgan fingerprint density at radius 2 is 1.75 bits per heavy atom. The van der Waals surface area contributed by atoms with E-state index in [9.17, 15) is 22.0 Å². The van der Waals surface area contributed by atoms with Crippen molar-refractivity contribution in [3.8, 4) is 11.6 Å². The number of ether oxygens (including phenoxy) is 1. The van der Waals surface area contributed by atoms with Crippen LogP contribution in [0.1, 0.15) is 5.69 Å². The fraction of sp³-hybridized carbons (Fsp3) is 0.0909. The molecule has 4 nitrogen and oxygen atoms in total. The monoisotopic (exact) mass is 291 g/mol. The van der Waals surface area contributed by atoms with Crippen LogP contribution in [0.4, 0.5) is 27.9 Å². The smallest absolute Gasteiger partial charge is 0.433 e. The molecular weight excluding hydrogens is 285 g/mol. The molecule has 1 aromatic carbocycles. The predicted molar refractivity (Wildman–Crippen MR) is 57.9 cm³/mol. The van der Waals surface area contributed by atoms with Crippen molar-refractivity contribution in [1.29, 1.82) is 0 Å². The Balaban J connectivity index is 2.36. The van der Waals surface area contributed by atoms with Gasteiger partial charge in [0, 0.05) is 12.1 Å². The second-order valence-electron chi connectivity index (χ2n) is 3.62. The largest absolute Gasteiger partial charge is 0.436 e. The minimum absolute atomic E-state index is 0.457. The molecule has 0 atom stereocenters. The number of alkyl halides is 3. The Morgan fingerprint density at radius 3 is 2.35 bits per heavy atom. The number of hydrogen-bond donors (Lipinski definition) is 1. The summed E-state index contributed by atoms with van der Waals surface area (Å²) in [6, 6.07) is 2.77. The van der Waals surface area contributed by atoms with Crippen LogP contribution in [-0.4, -0.2) is 9.97 Å². The molecule has 0 saturated heterocycles.